The predicted octanol–water partition coefficient (Wildman–Crippen LogP) is 10.4. The molecule has 0 aromatic carbocycles. The molecule has 0 aromatic heterocycles. The zero-order valence-electron chi connectivity index (χ0n) is 37.9. The summed E-state index contributed by atoms with van der Waals surface area (Å²) in [6, 6.07) is 0. The first-order chi connectivity index (χ1) is 27.1. The second-order valence-corrected chi connectivity index (χ2v) is 17.7. The Hall–Kier alpha value is -2.16. The first-order valence-corrected chi connectivity index (χ1v) is 24.0. The maximum absolute atomic E-state index is 13.2. The van der Waals surface area contributed by atoms with Crippen LogP contribution in [0.2, 0.25) is 0 Å². The molecule has 0 unspecified atom stereocenters. The van der Waals surface area contributed by atoms with Gasteiger partial charge in [-0.15, -0.1) is 0 Å². The Balaban J connectivity index is 4.39. The van der Waals surface area contributed by atoms with E-state index in [1.165, 1.54) is 154 Å². The van der Waals surface area contributed by atoms with Crippen LogP contribution in [-0.4, -0.2) is 93.4 Å². The molecule has 0 atom stereocenters. The Labute approximate surface area is 347 Å². The van der Waals surface area contributed by atoms with Crippen LogP contribution < -0.4 is 16.0 Å². The van der Waals surface area contributed by atoms with Gasteiger partial charge in [-0.05, 0) is 32.1 Å². The standard InChI is InChI=1S/C47H93N5O4/c1-6-8-10-12-14-16-18-20-22-24-26-28-30-34-38-51(39-35-31-29-27-25-23-21-19-17-15-13-11-9-7-2)47(56)43-50-46(55)42-49-45(54)41-48-44(53)37-33-32-36-40-52(3,4)5/h6-43H2,1-5H3,(H2-,48,49,50,53,54,55)/p+1. The SMILES string of the molecule is CCCCCCCCCCCCCCCCN(CCCCCCCCCCCCCCCC)C(=O)CNC(=O)CNC(=O)CNC(=O)CCCCC[N+](C)(C)C. The van der Waals surface area contributed by atoms with Gasteiger partial charge in [0.2, 0.25) is 23.6 Å². The summed E-state index contributed by atoms with van der Waals surface area (Å²) >= 11 is 0. The molecule has 0 aliphatic carbocycles. The summed E-state index contributed by atoms with van der Waals surface area (Å²) < 4.78 is 0.908. The van der Waals surface area contributed by atoms with Crippen molar-refractivity contribution in [3.63, 3.8) is 0 Å². The van der Waals surface area contributed by atoms with Gasteiger partial charge in [0, 0.05) is 19.5 Å². The molecule has 0 aliphatic heterocycles. The van der Waals surface area contributed by atoms with Crippen LogP contribution in [0.3, 0.4) is 0 Å². The molecule has 330 valence electrons. The molecule has 0 radical (unpaired) electrons. The van der Waals surface area contributed by atoms with Crippen molar-refractivity contribution >= 4 is 23.6 Å². The van der Waals surface area contributed by atoms with Crippen LogP contribution in [0.5, 0.6) is 0 Å². The van der Waals surface area contributed by atoms with Gasteiger partial charge in [-0.3, -0.25) is 19.2 Å². The molecular formula is C47H94N5O4+. The highest BCUT2D eigenvalue weighted by molar-refractivity contribution is 5.90. The summed E-state index contributed by atoms with van der Waals surface area (Å²) in [4.78, 5) is 52.0. The topological polar surface area (TPSA) is 108 Å². The van der Waals surface area contributed by atoms with Gasteiger partial charge in [0.05, 0.1) is 47.3 Å². The van der Waals surface area contributed by atoms with Crippen molar-refractivity contribution in [3.8, 4) is 0 Å². The lowest BCUT2D eigenvalue weighted by atomic mass is 10.0. The van der Waals surface area contributed by atoms with Gasteiger partial charge in [-0.1, -0.05) is 181 Å². The molecule has 0 aromatic rings. The number of rotatable bonds is 42. The largest absolute Gasteiger partial charge is 0.347 e. The number of carbonyl (C=O) groups is 4. The summed E-state index contributed by atoms with van der Waals surface area (Å²) in [5, 5.41) is 7.89. The second kappa shape index (κ2) is 39.7. The second-order valence-electron chi connectivity index (χ2n) is 17.7. The third-order valence-electron chi connectivity index (χ3n) is 11.0. The lowest BCUT2D eigenvalue weighted by molar-refractivity contribution is -0.870. The number of hydrogen-bond acceptors (Lipinski definition) is 4. The number of unbranched alkanes of at least 4 members (excludes halogenated alkanes) is 28. The van der Waals surface area contributed by atoms with E-state index in [0.29, 0.717) is 6.42 Å². The van der Waals surface area contributed by atoms with Crippen LogP contribution in [-0.2, 0) is 19.2 Å². The van der Waals surface area contributed by atoms with Gasteiger partial charge in [0.15, 0.2) is 0 Å². The highest BCUT2D eigenvalue weighted by Crippen LogP contribution is 2.15. The molecule has 0 aliphatic rings. The highest BCUT2D eigenvalue weighted by Gasteiger charge is 2.15. The molecule has 3 N–H and O–H groups in total. The molecule has 9 heteroatoms. The summed E-state index contributed by atoms with van der Waals surface area (Å²) in [5.41, 5.74) is 0. The molecule has 0 rings (SSSR count). The molecule has 9 nitrogen and oxygen atoms in total. The van der Waals surface area contributed by atoms with Crippen molar-refractivity contribution in [3.05, 3.63) is 0 Å². The summed E-state index contributed by atoms with van der Waals surface area (Å²) in [6.07, 6.45) is 39.8. The summed E-state index contributed by atoms with van der Waals surface area (Å²) in [5.74, 6) is -1.02. The zero-order valence-corrected chi connectivity index (χ0v) is 37.9. The number of nitrogens with zero attached hydrogens (tertiary/aromatic N) is 2. The highest BCUT2D eigenvalue weighted by atomic mass is 16.2. The van der Waals surface area contributed by atoms with Crippen molar-refractivity contribution < 1.29 is 23.7 Å². The minimum Gasteiger partial charge on any atom is -0.347 e. The smallest absolute Gasteiger partial charge is 0.241 e. The Morgan fingerprint density at radius 2 is 0.679 bits per heavy atom. The molecule has 0 saturated carbocycles. The quantitative estimate of drug-likeness (QED) is 0.0423. The zero-order chi connectivity index (χ0) is 41.4. The van der Waals surface area contributed by atoms with Crippen LogP contribution in [0.25, 0.3) is 0 Å². The minimum atomic E-state index is -0.415. The van der Waals surface area contributed by atoms with E-state index in [1.807, 2.05) is 4.90 Å². The summed E-state index contributed by atoms with van der Waals surface area (Å²) in [6.45, 7) is 6.64. The molecular weight excluding hydrogens is 699 g/mol. The number of carbonyl (C=O) groups excluding carboxylic acids is 4. The predicted molar refractivity (Wildman–Crippen MR) is 238 cm³/mol. The van der Waals surface area contributed by atoms with Gasteiger partial charge in [-0.2, -0.15) is 0 Å². The maximum Gasteiger partial charge on any atom is 0.241 e. The molecule has 0 saturated heterocycles. The Kier molecular flexibility index (Phi) is 38.1. The normalized spacial score (nSPS) is 11.4. The Morgan fingerprint density at radius 3 is 1.04 bits per heavy atom. The van der Waals surface area contributed by atoms with Gasteiger partial charge in [-0.25, -0.2) is 0 Å². The maximum atomic E-state index is 13.2. The lowest BCUT2D eigenvalue weighted by Crippen LogP contribution is -2.45. The molecule has 0 fully saturated rings. The van der Waals surface area contributed by atoms with Gasteiger partial charge >= 0.3 is 0 Å². The molecule has 0 bridgehead atoms. The van der Waals surface area contributed by atoms with Gasteiger partial charge in [0.25, 0.3) is 0 Å². The van der Waals surface area contributed by atoms with E-state index in [4.69, 9.17) is 0 Å². The van der Waals surface area contributed by atoms with Crippen molar-refractivity contribution in [1.82, 2.24) is 20.9 Å². The average Bonchev–Trinajstić information content (AvgIpc) is 3.17. The van der Waals surface area contributed by atoms with Crippen LogP contribution in [0.1, 0.15) is 219 Å². The molecule has 56 heavy (non-hydrogen) atoms. The van der Waals surface area contributed by atoms with Crippen LogP contribution in [0, 0.1) is 0 Å². The van der Waals surface area contributed by atoms with Crippen LogP contribution in [0.4, 0.5) is 0 Å². The van der Waals surface area contributed by atoms with E-state index in [0.717, 1.165) is 69.1 Å². The van der Waals surface area contributed by atoms with E-state index >= 15 is 0 Å². The Bertz CT molecular complexity index is 906. The Morgan fingerprint density at radius 1 is 0.375 bits per heavy atom. The van der Waals surface area contributed by atoms with E-state index in [9.17, 15) is 19.2 Å². The fourth-order valence-electron chi connectivity index (χ4n) is 7.26. The summed E-state index contributed by atoms with van der Waals surface area (Å²) in [7, 11) is 6.46. The van der Waals surface area contributed by atoms with E-state index in [2.05, 4.69) is 50.9 Å². The van der Waals surface area contributed by atoms with Crippen molar-refractivity contribution in [2.24, 2.45) is 0 Å². The monoisotopic (exact) mass is 793 g/mol. The third kappa shape index (κ3) is 40.1. The number of amides is 4. The first kappa shape index (κ1) is 53.8. The van der Waals surface area contributed by atoms with E-state index < -0.39 is 11.8 Å². The van der Waals surface area contributed by atoms with Crippen LogP contribution in [0.15, 0.2) is 0 Å². The van der Waals surface area contributed by atoms with E-state index in [-0.39, 0.29) is 31.4 Å². The molecule has 4 amide bonds. The average molecular weight is 793 g/mol. The number of nitrogens with one attached hydrogen (secondary N) is 3. The molecule has 0 spiro atoms. The fourth-order valence-corrected chi connectivity index (χ4v) is 7.26. The first-order valence-electron chi connectivity index (χ1n) is 24.0. The van der Waals surface area contributed by atoms with Crippen molar-refractivity contribution in [2.75, 3.05) is 60.4 Å². The third-order valence-corrected chi connectivity index (χ3v) is 11.0. The van der Waals surface area contributed by atoms with Gasteiger partial charge in [0.1, 0.15) is 0 Å². The fraction of sp³-hybridized carbons (Fsp3) is 0.915. The van der Waals surface area contributed by atoms with Crippen molar-refractivity contribution in [2.45, 2.75) is 219 Å². The van der Waals surface area contributed by atoms with E-state index in [1.54, 1.807) is 0 Å². The number of hydrogen-bond donors (Lipinski definition) is 3. The van der Waals surface area contributed by atoms with Crippen molar-refractivity contribution in [1.29, 1.82) is 0 Å². The van der Waals surface area contributed by atoms with Gasteiger partial charge < -0.3 is 25.3 Å². The molecule has 0 heterocycles. The number of quaternary nitrogens is 1. The van der Waals surface area contributed by atoms with Crippen LogP contribution >= 0.6 is 0 Å². The minimum absolute atomic E-state index is 0.0530. The lowest BCUT2D eigenvalue weighted by Gasteiger charge is -2.23.